The third kappa shape index (κ3) is 42.6. The molecule has 0 saturated heterocycles. The minimum absolute atomic E-state index is 0.0111. The lowest BCUT2D eigenvalue weighted by atomic mass is 10.1. The summed E-state index contributed by atoms with van der Waals surface area (Å²) in [4.78, 5) is 37.0. The summed E-state index contributed by atoms with van der Waals surface area (Å²) in [5.41, 5.74) is 0. The van der Waals surface area contributed by atoms with Crippen LogP contribution in [-0.4, -0.2) is 68.3 Å². The van der Waals surface area contributed by atoms with Gasteiger partial charge in [-0.15, -0.1) is 0 Å². The number of phosphoric ester groups is 1. The fraction of sp³-hybridized carbons (Fsp3) is 0.660. The molecule has 0 fully saturated rings. The summed E-state index contributed by atoms with van der Waals surface area (Å²) in [5.74, 6) is -0.913. The number of nitrogens with zero attached hydrogens (tertiary/aromatic N) is 1. The molecule has 326 valence electrons. The van der Waals surface area contributed by atoms with E-state index in [2.05, 4.69) is 86.8 Å². The zero-order valence-electron chi connectivity index (χ0n) is 36.2. The molecule has 9 nitrogen and oxygen atoms in total. The molecule has 0 aliphatic carbocycles. The highest BCUT2D eigenvalue weighted by atomic mass is 31.2. The number of likely N-dealkylation sites (N-methyl/N-ethyl adjacent to an activating group) is 1. The molecular weight excluding hydrogens is 737 g/mol. The molecule has 2 atom stereocenters. The molecule has 57 heavy (non-hydrogen) atoms. The average molecular weight is 818 g/mol. The van der Waals surface area contributed by atoms with Crippen LogP contribution in [0.3, 0.4) is 0 Å². The van der Waals surface area contributed by atoms with Gasteiger partial charge in [0.15, 0.2) is 6.10 Å². The number of hydrogen-bond acceptors (Lipinski definition) is 8. The van der Waals surface area contributed by atoms with Crippen molar-refractivity contribution in [2.24, 2.45) is 0 Å². The van der Waals surface area contributed by atoms with Crippen molar-refractivity contribution in [1.82, 2.24) is 4.90 Å². The second kappa shape index (κ2) is 41.4. The van der Waals surface area contributed by atoms with Crippen molar-refractivity contribution >= 4 is 19.8 Å². The van der Waals surface area contributed by atoms with Gasteiger partial charge in [-0.3, -0.25) is 18.6 Å². The molecule has 0 aromatic carbocycles. The largest absolute Gasteiger partial charge is 0.472 e. The Hall–Kier alpha value is -2.81. The van der Waals surface area contributed by atoms with E-state index in [1.54, 1.807) is 4.90 Å². The van der Waals surface area contributed by atoms with Crippen molar-refractivity contribution in [3.63, 3.8) is 0 Å². The number of ether oxygens (including phenoxy) is 2. The summed E-state index contributed by atoms with van der Waals surface area (Å²) >= 11 is 0. The molecule has 0 saturated carbocycles. The van der Waals surface area contributed by atoms with Gasteiger partial charge in [0.25, 0.3) is 0 Å². The second-order valence-corrected chi connectivity index (χ2v) is 15.9. The van der Waals surface area contributed by atoms with E-state index in [9.17, 15) is 19.0 Å². The topological polar surface area (TPSA) is 112 Å². The first-order valence-electron chi connectivity index (χ1n) is 21.9. The summed E-state index contributed by atoms with van der Waals surface area (Å²) in [7, 11) is -0.761. The van der Waals surface area contributed by atoms with Crippen LogP contribution in [0.15, 0.2) is 85.1 Å². The molecule has 0 aliphatic rings. The lowest BCUT2D eigenvalue weighted by Gasteiger charge is -2.20. The lowest BCUT2D eigenvalue weighted by Crippen LogP contribution is -2.29. The molecule has 2 unspecified atom stereocenters. The molecule has 10 heteroatoms. The van der Waals surface area contributed by atoms with E-state index in [1.807, 2.05) is 26.2 Å². The van der Waals surface area contributed by atoms with Gasteiger partial charge in [-0.2, -0.15) is 0 Å². The molecule has 0 aliphatic heterocycles. The van der Waals surface area contributed by atoms with Crippen molar-refractivity contribution in [2.75, 3.05) is 40.5 Å². The SMILES string of the molecule is CC/C=C\C/C=C\C/C=C\C/C=C\C/C=C\C/C=C\CCC(=O)OC(COC(=O)CCCCCCCCC/C=C\CCCCCC)COP(=O)(O)OCCN(C)C. The van der Waals surface area contributed by atoms with Crippen molar-refractivity contribution in [1.29, 1.82) is 0 Å². The van der Waals surface area contributed by atoms with Crippen LogP contribution in [0.5, 0.6) is 0 Å². The molecule has 0 spiro atoms. The van der Waals surface area contributed by atoms with Crippen LogP contribution in [0.4, 0.5) is 0 Å². The maximum atomic E-state index is 12.6. The molecule has 0 aromatic rings. The Morgan fingerprint density at radius 2 is 1.04 bits per heavy atom. The number of hydrogen-bond donors (Lipinski definition) is 1. The summed E-state index contributed by atoms with van der Waals surface area (Å²) in [6.07, 6.45) is 50.7. The normalized spacial score (nSPS) is 14.2. The Morgan fingerprint density at radius 1 is 0.561 bits per heavy atom. The number of carbonyl (C=O) groups is 2. The first-order valence-corrected chi connectivity index (χ1v) is 23.4. The van der Waals surface area contributed by atoms with Gasteiger partial charge >= 0.3 is 19.8 Å². The van der Waals surface area contributed by atoms with Crippen molar-refractivity contribution in [2.45, 2.75) is 161 Å². The first kappa shape index (κ1) is 54.2. The van der Waals surface area contributed by atoms with E-state index in [1.165, 1.54) is 51.4 Å². The Kier molecular flexibility index (Phi) is 39.3. The van der Waals surface area contributed by atoms with Gasteiger partial charge in [0.2, 0.25) is 0 Å². The van der Waals surface area contributed by atoms with E-state index in [0.717, 1.165) is 70.6 Å². The minimum Gasteiger partial charge on any atom is -0.462 e. The van der Waals surface area contributed by atoms with Crippen LogP contribution in [-0.2, 0) is 32.7 Å². The molecule has 0 radical (unpaired) electrons. The average Bonchev–Trinajstić information content (AvgIpc) is 3.18. The minimum atomic E-state index is -4.39. The fourth-order valence-electron chi connectivity index (χ4n) is 5.35. The standard InChI is InChI=1S/C47H80NO8P/c1-5-7-9-11-13-15-17-19-21-22-23-24-26-28-30-32-34-36-38-40-47(50)56-45(44-55-57(51,52)54-42-41-48(3)4)43-53-46(49)39-37-35-33-31-29-27-25-20-18-16-14-12-10-8-6-2/h7,9,13,15-16,18-19,21,23-24,28,30,34,36,45H,5-6,8,10-12,14,17,20,22,25-27,29,31-33,35,37-44H2,1-4H3,(H,51,52)/b9-7-,15-13-,18-16-,21-19-,24-23-,30-28-,36-34-. The van der Waals surface area contributed by atoms with Crippen LogP contribution in [0.25, 0.3) is 0 Å². The van der Waals surface area contributed by atoms with Gasteiger partial charge in [0.1, 0.15) is 6.61 Å². The fourth-order valence-corrected chi connectivity index (χ4v) is 6.09. The van der Waals surface area contributed by atoms with E-state index < -0.39 is 32.5 Å². The van der Waals surface area contributed by atoms with Crippen LogP contribution >= 0.6 is 7.82 Å². The predicted octanol–water partition coefficient (Wildman–Crippen LogP) is 12.7. The quantitative estimate of drug-likeness (QED) is 0.0280. The molecule has 0 aromatic heterocycles. The number of rotatable bonds is 39. The monoisotopic (exact) mass is 818 g/mol. The van der Waals surface area contributed by atoms with E-state index in [0.29, 0.717) is 13.0 Å². The lowest BCUT2D eigenvalue weighted by molar-refractivity contribution is -0.161. The van der Waals surface area contributed by atoms with Crippen molar-refractivity contribution in [3.8, 4) is 0 Å². The third-order valence-electron chi connectivity index (χ3n) is 8.70. The van der Waals surface area contributed by atoms with Gasteiger partial charge < -0.3 is 19.3 Å². The molecule has 0 bridgehead atoms. The van der Waals surface area contributed by atoms with Gasteiger partial charge in [-0.05, 0) is 91.1 Å². The van der Waals surface area contributed by atoms with E-state index >= 15 is 0 Å². The Morgan fingerprint density at radius 3 is 1.56 bits per heavy atom. The predicted molar refractivity (Wildman–Crippen MR) is 238 cm³/mol. The zero-order chi connectivity index (χ0) is 41.9. The summed E-state index contributed by atoms with van der Waals surface area (Å²) in [6.45, 7) is 4.08. The van der Waals surface area contributed by atoms with Gasteiger partial charge in [0.05, 0.1) is 13.2 Å². The second-order valence-electron chi connectivity index (χ2n) is 14.5. The van der Waals surface area contributed by atoms with Crippen LogP contribution in [0.2, 0.25) is 0 Å². The molecule has 0 amide bonds. The summed E-state index contributed by atoms with van der Waals surface area (Å²) < 4.78 is 33.4. The van der Waals surface area contributed by atoms with Crippen molar-refractivity contribution in [3.05, 3.63) is 85.1 Å². The Labute approximate surface area is 348 Å². The van der Waals surface area contributed by atoms with Crippen LogP contribution < -0.4 is 0 Å². The number of unbranched alkanes of at least 4 members (excludes halogenated alkanes) is 11. The van der Waals surface area contributed by atoms with E-state index in [-0.39, 0.29) is 26.1 Å². The molecule has 0 rings (SSSR count). The van der Waals surface area contributed by atoms with Crippen molar-refractivity contribution < 1.29 is 37.6 Å². The number of allylic oxidation sites excluding steroid dienone is 14. The highest BCUT2D eigenvalue weighted by molar-refractivity contribution is 7.47. The maximum absolute atomic E-state index is 12.6. The maximum Gasteiger partial charge on any atom is 0.472 e. The van der Waals surface area contributed by atoms with Crippen LogP contribution in [0, 0.1) is 0 Å². The van der Waals surface area contributed by atoms with Crippen LogP contribution in [0.1, 0.15) is 155 Å². The Balaban J connectivity index is 4.44. The zero-order valence-corrected chi connectivity index (χ0v) is 37.1. The number of esters is 2. The first-order chi connectivity index (χ1) is 27.7. The van der Waals surface area contributed by atoms with Gasteiger partial charge in [-0.1, -0.05) is 150 Å². The molecular formula is C47H80NO8P. The summed E-state index contributed by atoms with van der Waals surface area (Å²) in [5, 5.41) is 0. The summed E-state index contributed by atoms with van der Waals surface area (Å²) in [6, 6.07) is 0. The van der Waals surface area contributed by atoms with Gasteiger partial charge in [-0.25, -0.2) is 4.57 Å². The molecule has 0 heterocycles. The highest BCUT2D eigenvalue weighted by Crippen LogP contribution is 2.43. The van der Waals surface area contributed by atoms with Gasteiger partial charge in [0, 0.05) is 19.4 Å². The smallest absolute Gasteiger partial charge is 0.462 e. The number of phosphoric acid groups is 1. The third-order valence-corrected chi connectivity index (χ3v) is 9.68. The molecule has 1 N–H and O–H groups in total. The highest BCUT2D eigenvalue weighted by Gasteiger charge is 2.26. The van der Waals surface area contributed by atoms with E-state index in [4.69, 9.17) is 18.5 Å². The number of carbonyl (C=O) groups excluding carboxylic acids is 2. The Bertz CT molecular complexity index is 1220.